The van der Waals surface area contributed by atoms with Crippen LogP contribution in [0.1, 0.15) is 5.56 Å². The molecular weight excluding hydrogens is 247 g/mol. The second-order valence-electron chi connectivity index (χ2n) is 2.18. The summed E-state index contributed by atoms with van der Waals surface area (Å²) in [7, 11) is 0. The molecule has 1 aromatic carbocycles. The summed E-state index contributed by atoms with van der Waals surface area (Å²) < 4.78 is 34.0. The van der Waals surface area contributed by atoms with Crippen molar-refractivity contribution in [2.75, 3.05) is 0 Å². The molecule has 1 rings (SSSR count). The highest BCUT2D eigenvalue weighted by molar-refractivity contribution is 9.10. The highest BCUT2D eigenvalue weighted by Crippen LogP contribution is 2.15. The summed E-state index contributed by atoms with van der Waals surface area (Å²) in [5.41, 5.74) is 0.187. The Morgan fingerprint density at radius 3 is 2.75 bits per heavy atom. The van der Waals surface area contributed by atoms with Crippen LogP contribution < -0.4 is 0 Å². The van der Waals surface area contributed by atoms with Gasteiger partial charge in [-0.1, -0.05) is 33.1 Å². The van der Waals surface area contributed by atoms with E-state index in [-0.39, 0.29) is 11.3 Å². The van der Waals surface area contributed by atoms with Gasteiger partial charge in [-0.2, -0.15) is 0 Å². The fourth-order valence-electron chi connectivity index (χ4n) is 0.766. The van der Waals surface area contributed by atoms with Gasteiger partial charge in [0.05, 0.1) is 0 Å². The molecule has 12 heavy (non-hydrogen) atoms. The van der Waals surface area contributed by atoms with Crippen molar-refractivity contribution in [1.29, 1.82) is 0 Å². The molecule has 2 nitrogen and oxygen atoms in total. The third kappa shape index (κ3) is 2.66. The Kier molecular flexibility index (Phi) is 3.37. The number of halogens is 2. The fourth-order valence-corrected chi connectivity index (χ4v) is 1.59. The van der Waals surface area contributed by atoms with Gasteiger partial charge in [-0.05, 0) is 17.7 Å². The predicted octanol–water partition coefficient (Wildman–Crippen LogP) is 1.97. The molecule has 0 bridgehead atoms. The summed E-state index contributed by atoms with van der Waals surface area (Å²) >= 11 is 0.830. The van der Waals surface area contributed by atoms with Gasteiger partial charge in [0.1, 0.15) is 5.82 Å². The zero-order chi connectivity index (χ0) is 9.14. The lowest BCUT2D eigenvalue weighted by atomic mass is 10.2. The first-order valence-corrected chi connectivity index (χ1v) is 5.13. The highest BCUT2D eigenvalue weighted by atomic mass is 79.9. The lowest BCUT2D eigenvalue weighted by Crippen LogP contribution is -1.96. The zero-order valence-corrected chi connectivity index (χ0v) is 8.32. The van der Waals surface area contributed by atoms with Crippen LogP contribution in [0.5, 0.6) is 0 Å². The second-order valence-corrected chi connectivity index (χ2v) is 4.00. The Balaban J connectivity index is 2.93. The molecule has 0 aliphatic rings. The molecule has 0 aliphatic carbocycles. The van der Waals surface area contributed by atoms with Crippen LogP contribution in [0.25, 0.3) is 0 Å². The first-order chi connectivity index (χ1) is 5.59. The van der Waals surface area contributed by atoms with Crippen LogP contribution in [0.2, 0.25) is 0 Å². The summed E-state index contributed by atoms with van der Waals surface area (Å²) in [5, 5.41) is 0. The number of benzene rings is 1. The van der Waals surface area contributed by atoms with Gasteiger partial charge < -0.3 is 4.55 Å². The van der Waals surface area contributed by atoms with E-state index in [0.717, 1.165) is 0 Å². The van der Waals surface area contributed by atoms with E-state index in [0.29, 0.717) is 4.47 Å². The molecule has 0 fully saturated rings. The van der Waals surface area contributed by atoms with E-state index in [1.165, 1.54) is 12.1 Å². The van der Waals surface area contributed by atoms with E-state index >= 15 is 0 Å². The fraction of sp³-hybridized carbons (Fsp3) is 0.143. The molecular formula is C7H5BrFO2S-. The first kappa shape index (κ1) is 9.83. The minimum atomic E-state index is -2.24. The minimum Gasteiger partial charge on any atom is -0.772 e. The minimum absolute atomic E-state index is 0.187. The molecule has 1 aromatic rings. The normalized spacial score (nSPS) is 12.9. The van der Waals surface area contributed by atoms with E-state index in [9.17, 15) is 13.2 Å². The molecule has 1 atom stereocenters. The van der Waals surface area contributed by atoms with Crippen LogP contribution in [-0.2, 0) is 16.8 Å². The number of hydrogen-bond acceptors (Lipinski definition) is 2. The molecule has 0 spiro atoms. The van der Waals surface area contributed by atoms with Crippen molar-refractivity contribution in [3.63, 3.8) is 0 Å². The SMILES string of the molecule is O=S([O-])Cc1ccc(Br)cc1F. The second kappa shape index (κ2) is 4.11. The lowest BCUT2D eigenvalue weighted by molar-refractivity contribution is 0.533. The quantitative estimate of drug-likeness (QED) is 0.755. The Morgan fingerprint density at radius 1 is 1.58 bits per heavy atom. The molecule has 0 saturated carbocycles. The lowest BCUT2D eigenvalue weighted by Gasteiger charge is -2.05. The van der Waals surface area contributed by atoms with Gasteiger partial charge in [-0.3, -0.25) is 4.21 Å². The van der Waals surface area contributed by atoms with Gasteiger partial charge in [-0.25, -0.2) is 4.39 Å². The maximum Gasteiger partial charge on any atom is 0.128 e. The van der Waals surface area contributed by atoms with Crippen LogP contribution in [0, 0.1) is 5.82 Å². The Bertz CT molecular complexity index is 316. The van der Waals surface area contributed by atoms with E-state index in [1.54, 1.807) is 6.07 Å². The van der Waals surface area contributed by atoms with Crippen molar-refractivity contribution >= 4 is 27.0 Å². The van der Waals surface area contributed by atoms with Crippen LogP contribution in [-0.4, -0.2) is 8.76 Å². The molecule has 0 heterocycles. The van der Waals surface area contributed by atoms with E-state index in [2.05, 4.69) is 15.9 Å². The van der Waals surface area contributed by atoms with Gasteiger partial charge in [0.15, 0.2) is 0 Å². The van der Waals surface area contributed by atoms with Crippen molar-refractivity contribution in [2.45, 2.75) is 5.75 Å². The number of hydrogen-bond donors (Lipinski definition) is 0. The molecule has 0 saturated heterocycles. The molecule has 5 heteroatoms. The summed E-state index contributed by atoms with van der Waals surface area (Å²) in [6.45, 7) is 0. The van der Waals surface area contributed by atoms with Crippen LogP contribution in [0.15, 0.2) is 22.7 Å². The standard InChI is InChI=1S/C7H6BrFO2S/c8-6-2-1-5(4-12(10)11)7(9)3-6/h1-3H,4H2,(H,10,11)/p-1. The summed E-state index contributed by atoms with van der Waals surface area (Å²) in [6, 6.07) is 4.28. The average Bonchev–Trinajstić information content (AvgIpc) is 1.94. The van der Waals surface area contributed by atoms with Crippen molar-refractivity contribution in [3.05, 3.63) is 34.1 Å². The van der Waals surface area contributed by atoms with E-state index in [1.807, 2.05) is 0 Å². The molecule has 0 radical (unpaired) electrons. The molecule has 66 valence electrons. The Hall–Kier alpha value is -0.260. The van der Waals surface area contributed by atoms with Crippen LogP contribution in [0.4, 0.5) is 4.39 Å². The maximum atomic E-state index is 12.9. The van der Waals surface area contributed by atoms with Gasteiger partial charge in [0.2, 0.25) is 0 Å². The van der Waals surface area contributed by atoms with E-state index in [4.69, 9.17) is 0 Å². The van der Waals surface area contributed by atoms with Crippen molar-refractivity contribution in [3.8, 4) is 0 Å². The summed E-state index contributed by atoms with van der Waals surface area (Å²) in [4.78, 5) is 0. The molecule has 0 N–H and O–H groups in total. The zero-order valence-electron chi connectivity index (χ0n) is 5.92. The highest BCUT2D eigenvalue weighted by Gasteiger charge is 2.01. The third-order valence-corrected chi connectivity index (χ3v) is 2.33. The Labute approximate surface area is 80.2 Å². The summed E-state index contributed by atoms with van der Waals surface area (Å²) in [6.07, 6.45) is 0. The van der Waals surface area contributed by atoms with E-state index < -0.39 is 16.9 Å². The van der Waals surface area contributed by atoms with Gasteiger partial charge >= 0.3 is 0 Å². The molecule has 1 unspecified atom stereocenters. The maximum absolute atomic E-state index is 12.9. The topological polar surface area (TPSA) is 40.1 Å². The smallest absolute Gasteiger partial charge is 0.128 e. The van der Waals surface area contributed by atoms with Crippen molar-refractivity contribution in [2.24, 2.45) is 0 Å². The molecule has 0 amide bonds. The van der Waals surface area contributed by atoms with Crippen LogP contribution >= 0.6 is 15.9 Å². The first-order valence-electron chi connectivity index (χ1n) is 3.09. The van der Waals surface area contributed by atoms with Crippen molar-refractivity contribution < 1.29 is 13.2 Å². The Morgan fingerprint density at radius 2 is 2.25 bits per heavy atom. The largest absolute Gasteiger partial charge is 0.772 e. The number of rotatable bonds is 2. The monoisotopic (exact) mass is 251 g/mol. The molecule has 0 aromatic heterocycles. The van der Waals surface area contributed by atoms with Gasteiger partial charge in [0, 0.05) is 10.2 Å². The van der Waals surface area contributed by atoms with Gasteiger partial charge in [-0.15, -0.1) is 0 Å². The van der Waals surface area contributed by atoms with Crippen molar-refractivity contribution in [1.82, 2.24) is 0 Å². The van der Waals surface area contributed by atoms with Gasteiger partial charge in [0.25, 0.3) is 0 Å². The third-order valence-electron chi connectivity index (χ3n) is 1.29. The van der Waals surface area contributed by atoms with Crippen LogP contribution in [0.3, 0.4) is 0 Å². The molecule has 0 aliphatic heterocycles. The predicted molar refractivity (Wildman–Crippen MR) is 46.7 cm³/mol. The average molecular weight is 252 g/mol. The summed E-state index contributed by atoms with van der Waals surface area (Å²) in [5.74, 6) is -0.785.